The van der Waals surface area contributed by atoms with Gasteiger partial charge in [-0.3, -0.25) is 14.4 Å². The van der Waals surface area contributed by atoms with E-state index >= 15 is 0 Å². The summed E-state index contributed by atoms with van der Waals surface area (Å²) in [4.78, 5) is 38.2. The van der Waals surface area contributed by atoms with Crippen molar-refractivity contribution in [2.24, 2.45) is 0 Å². The fourth-order valence-corrected chi connectivity index (χ4v) is 8.91. The Morgan fingerprint density at radius 2 is 0.493 bits per heavy atom. The lowest BCUT2D eigenvalue weighted by Gasteiger charge is -2.18. The van der Waals surface area contributed by atoms with Crippen LogP contribution in [0.1, 0.15) is 329 Å². The van der Waals surface area contributed by atoms with Crippen molar-refractivity contribution in [2.75, 3.05) is 13.2 Å². The number of allylic oxidation sites excluding steroid dienone is 4. The summed E-state index contributed by atoms with van der Waals surface area (Å²) in [6.45, 7) is 6.66. The van der Waals surface area contributed by atoms with Gasteiger partial charge in [0, 0.05) is 19.3 Å². The molecule has 67 heavy (non-hydrogen) atoms. The monoisotopic (exact) mass is 943 g/mol. The molecule has 0 aliphatic carbocycles. The number of rotatable bonds is 55. The standard InChI is InChI=1S/C61H114O6/c1-4-7-10-13-16-19-22-25-27-28-29-30-31-32-34-37-40-43-46-49-52-55-61(64)67-58(56-65-59(62)53-50-47-44-41-38-35-24-21-18-15-12-9-6-3)57-66-60(63)54-51-48-45-42-39-36-33-26-23-20-17-14-11-8-5-2/h21,24-25,27,58H,4-20,22-23,26,28-57H2,1-3H3/b24-21-,27-25-/t58-/m1/s1. The average Bonchev–Trinajstić information content (AvgIpc) is 3.33. The zero-order chi connectivity index (χ0) is 48.6. The molecule has 0 aromatic rings. The van der Waals surface area contributed by atoms with Crippen LogP contribution >= 0.6 is 0 Å². The molecule has 0 saturated heterocycles. The van der Waals surface area contributed by atoms with Gasteiger partial charge >= 0.3 is 17.9 Å². The van der Waals surface area contributed by atoms with Crippen LogP contribution in [0.3, 0.4) is 0 Å². The van der Waals surface area contributed by atoms with Crippen molar-refractivity contribution in [3.05, 3.63) is 24.3 Å². The first kappa shape index (κ1) is 64.9. The third-order valence-corrected chi connectivity index (χ3v) is 13.4. The van der Waals surface area contributed by atoms with Gasteiger partial charge in [-0.05, 0) is 70.6 Å². The number of carbonyl (C=O) groups is 3. The fraction of sp³-hybridized carbons (Fsp3) is 0.885. The van der Waals surface area contributed by atoms with E-state index in [0.717, 1.165) is 64.2 Å². The van der Waals surface area contributed by atoms with Crippen molar-refractivity contribution in [1.29, 1.82) is 0 Å². The molecule has 0 aliphatic heterocycles. The van der Waals surface area contributed by atoms with Gasteiger partial charge in [0.05, 0.1) is 0 Å². The van der Waals surface area contributed by atoms with Crippen molar-refractivity contribution < 1.29 is 28.6 Å². The maximum atomic E-state index is 12.9. The quantitative estimate of drug-likeness (QED) is 0.0262. The first-order valence-electron chi connectivity index (χ1n) is 29.8. The summed E-state index contributed by atoms with van der Waals surface area (Å²) in [5.74, 6) is -0.858. The van der Waals surface area contributed by atoms with Gasteiger partial charge in [-0.15, -0.1) is 0 Å². The molecule has 0 rings (SSSR count). The van der Waals surface area contributed by atoms with Gasteiger partial charge in [0.2, 0.25) is 0 Å². The van der Waals surface area contributed by atoms with Gasteiger partial charge in [-0.25, -0.2) is 0 Å². The predicted octanol–water partition coefficient (Wildman–Crippen LogP) is 19.9. The Labute approximate surface area is 417 Å². The maximum absolute atomic E-state index is 12.9. The Morgan fingerprint density at radius 1 is 0.284 bits per heavy atom. The largest absolute Gasteiger partial charge is 0.462 e. The fourth-order valence-electron chi connectivity index (χ4n) is 8.91. The number of hydrogen-bond acceptors (Lipinski definition) is 6. The third-order valence-electron chi connectivity index (χ3n) is 13.4. The molecule has 6 heteroatoms. The second kappa shape index (κ2) is 56.5. The second-order valence-corrected chi connectivity index (χ2v) is 20.3. The van der Waals surface area contributed by atoms with Crippen LogP contribution < -0.4 is 0 Å². The summed E-state index contributed by atoms with van der Waals surface area (Å²) >= 11 is 0. The molecular weight excluding hydrogens is 829 g/mol. The van der Waals surface area contributed by atoms with Crippen LogP contribution in [-0.2, 0) is 28.6 Å². The van der Waals surface area contributed by atoms with E-state index in [1.165, 1.54) is 225 Å². The maximum Gasteiger partial charge on any atom is 0.306 e. The van der Waals surface area contributed by atoms with E-state index in [4.69, 9.17) is 14.2 Å². The normalized spacial score (nSPS) is 12.1. The molecule has 0 unspecified atom stereocenters. The van der Waals surface area contributed by atoms with Gasteiger partial charge in [-0.1, -0.05) is 263 Å². The van der Waals surface area contributed by atoms with Gasteiger partial charge in [0.25, 0.3) is 0 Å². The van der Waals surface area contributed by atoms with Crippen molar-refractivity contribution in [1.82, 2.24) is 0 Å². The number of carbonyl (C=O) groups excluding carboxylic acids is 3. The Morgan fingerprint density at radius 3 is 0.761 bits per heavy atom. The molecule has 0 aliphatic rings. The zero-order valence-corrected chi connectivity index (χ0v) is 45.2. The van der Waals surface area contributed by atoms with E-state index in [0.29, 0.717) is 19.3 Å². The summed E-state index contributed by atoms with van der Waals surface area (Å²) in [6, 6.07) is 0. The highest BCUT2D eigenvalue weighted by Gasteiger charge is 2.19. The van der Waals surface area contributed by atoms with Crippen LogP contribution in [-0.4, -0.2) is 37.2 Å². The van der Waals surface area contributed by atoms with Crippen molar-refractivity contribution >= 4 is 17.9 Å². The van der Waals surface area contributed by atoms with Crippen molar-refractivity contribution in [2.45, 2.75) is 335 Å². The van der Waals surface area contributed by atoms with Crippen molar-refractivity contribution in [3.63, 3.8) is 0 Å². The summed E-state index contributed by atoms with van der Waals surface area (Å²) in [5.41, 5.74) is 0. The Kier molecular flexibility index (Phi) is 54.7. The molecule has 0 radical (unpaired) electrons. The van der Waals surface area contributed by atoms with Gasteiger partial charge in [0.1, 0.15) is 13.2 Å². The highest BCUT2D eigenvalue weighted by atomic mass is 16.6. The first-order valence-corrected chi connectivity index (χ1v) is 29.8. The van der Waals surface area contributed by atoms with E-state index in [-0.39, 0.29) is 31.1 Å². The third kappa shape index (κ3) is 54.7. The van der Waals surface area contributed by atoms with Crippen LogP contribution in [0.4, 0.5) is 0 Å². The van der Waals surface area contributed by atoms with Crippen LogP contribution in [0, 0.1) is 0 Å². The number of hydrogen-bond donors (Lipinski definition) is 0. The summed E-state index contributed by atoms with van der Waals surface area (Å²) in [7, 11) is 0. The summed E-state index contributed by atoms with van der Waals surface area (Å²) < 4.78 is 16.9. The second-order valence-electron chi connectivity index (χ2n) is 20.3. The number of esters is 3. The van der Waals surface area contributed by atoms with Crippen LogP contribution in [0.25, 0.3) is 0 Å². The number of ether oxygens (including phenoxy) is 3. The van der Waals surface area contributed by atoms with E-state index in [9.17, 15) is 14.4 Å². The molecule has 0 N–H and O–H groups in total. The minimum atomic E-state index is -0.771. The molecule has 394 valence electrons. The first-order chi connectivity index (χ1) is 33.0. The minimum Gasteiger partial charge on any atom is -0.462 e. The van der Waals surface area contributed by atoms with E-state index in [2.05, 4.69) is 45.1 Å². The summed E-state index contributed by atoms with van der Waals surface area (Å²) in [6.07, 6.45) is 66.0. The Bertz CT molecular complexity index is 1080. The Hall–Kier alpha value is -2.11. The lowest BCUT2D eigenvalue weighted by atomic mass is 10.0. The van der Waals surface area contributed by atoms with Gasteiger partial charge in [-0.2, -0.15) is 0 Å². The minimum absolute atomic E-state index is 0.0693. The highest BCUT2D eigenvalue weighted by Crippen LogP contribution is 2.17. The molecular formula is C61H114O6. The van der Waals surface area contributed by atoms with Gasteiger partial charge < -0.3 is 14.2 Å². The molecule has 0 saturated carbocycles. The molecule has 0 aromatic carbocycles. The van der Waals surface area contributed by atoms with Crippen LogP contribution in [0.5, 0.6) is 0 Å². The molecule has 0 amide bonds. The summed E-state index contributed by atoms with van der Waals surface area (Å²) in [5, 5.41) is 0. The lowest BCUT2D eigenvalue weighted by Crippen LogP contribution is -2.30. The van der Waals surface area contributed by atoms with Gasteiger partial charge in [0.15, 0.2) is 6.10 Å². The molecule has 1 atom stereocenters. The van der Waals surface area contributed by atoms with Crippen LogP contribution in [0.2, 0.25) is 0 Å². The SMILES string of the molecule is CCCCCC/C=C\CCCCCCCC(=O)OC[C@H](COC(=O)CCCCCCCCCCCCCCCCC)OC(=O)CCCCCCCCCCCCC/C=C\CCCCCCCC. The average molecular weight is 944 g/mol. The molecule has 0 fully saturated rings. The smallest absolute Gasteiger partial charge is 0.306 e. The number of unbranched alkanes of at least 4 members (excludes halogenated alkanes) is 40. The topological polar surface area (TPSA) is 78.9 Å². The van der Waals surface area contributed by atoms with Crippen LogP contribution in [0.15, 0.2) is 24.3 Å². The molecule has 0 spiro atoms. The highest BCUT2D eigenvalue weighted by molar-refractivity contribution is 5.71. The molecule has 6 nitrogen and oxygen atoms in total. The van der Waals surface area contributed by atoms with E-state index in [1.54, 1.807) is 0 Å². The van der Waals surface area contributed by atoms with Crippen molar-refractivity contribution in [3.8, 4) is 0 Å². The Balaban J connectivity index is 4.30. The molecule has 0 heterocycles. The van der Waals surface area contributed by atoms with E-state index < -0.39 is 6.10 Å². The zero-order valence-electron chi connectivity index (χ0n) is 45.2. The lowest BCUT2D eigenvalue weighted by molar-refractivity contribution is -0.167. The predicted molar refractivity (Wildman–Crippen MR) is 289 cm³/mol. The molecule has 0 bridgehead atoms. The molecule has 0 aromatic heterocycles. The van der Waals surface area contributed by atoms with E-state index in [1.807, 2.05) is 0 Å².